The van der Waals surface area contributed by atoms with Crippen LogP contribution in [0.25, 0.3) is 0 Å². The van der Waals surface area contributed by atoms with Crippen molar-refractivity contribution in [3.05, 3.63) is 46.3 Å². The van der Waals surface area contributed by atoms with Crippen LogP contribution in [0.2, 0.25) is 0 Å². The summed E-state index contributed by atoms with van der Waals surface area (Å²) in [5, 5.41) is 8.19. The largest absolute Gasteiger partial charge is 0.374 e. The quantitative estimate of drug-likeness (QED) is 0.788. The van der Waals surface area contributed by atoms with Gasteiger partial charge in [-0.15, -0.1) is 11.3 Å². The van der Waals surface area contributed by atoms with Crippen molar-refractivity contribution < 1.29 is 9.59 Å². The van der Waals surface area contributed by atoms with Crippen molar-refractivity contribution in [1.82, 2.24) is 0 Å². The first kappa shape index (κ1) is 15.6. The lowest BCUT2D eigenvalue weighted by molar-refractivity contribution is -0.116. The molecule has 0 bridgehead atoms. The number of nitrogens with two attached hydrogens (primary N) is 1. The van der Waals surface area contributed by atoms with Crippen molar-refractivity contribution >= 4 is 33.8 Å². The molecule has 1 aliphatic carbocycles. The highest BCUT2D eigenvalue weighted by Crippen LogP contribution is 2.26. The number of carbonyl (C=O) groups excluding carboxylic acids is 2. The average Bonchev–Trinajstić information content (AvgIpc) is 3.15. The Bertz CT molecular complexity index is 754. The first-order chi connectivity index (χ1) is 11.0. The van der Waals surface area contributed by atoms with Gasteiger partial charge < -0.3 is 16.4 Å². The maximum absolute atomic E-state index is 12.3. The van der Waals surface area contributed by atoms with Gasteiger partial charge in [0.25, 0.3) is 5.91 Å². The van der Waals surface area contributed by atoms with Gasteiger partial charge >= 0.3 is 0 Å². The third kappa shape index (κ3) is 3.37. The molecule has 0 saturated heterocycles. The van der Waals surface area contributed by atoms with E-state index in [4.69, 9.17) is 5.73 Å². The Hall–Kier alpha value is -2.34. The fourth-order valence-electron chi connectivity index (χ4n) is 2.80. The van der Waals surface area contributed by atoms with E-state index in [1.807, 2.05) is 6.07 Å². The molecule has 2 aromatic rings. The molecule has 120 valence electrons. The second kappa shape index (κ2) is 6.42. The molecule has 6 heteroatoms. The van der Waals surface area contributed by atoms with Crippen molar-refractivity contribution in [2.45, 2.75) is 32.2 Å². The highest BCUT2D eigenvalue weighted by Gasteiger charge is 2.18. The first-order valence-corrected chi connectivity index (χ1v) is 8.49. The minimum absolute atomic E-state index is 0.199. The van der Waals surface area contributed by atoms with Crippen LogP contribution in [0.15, 0.2) is 29.6 Å². The van der Waals surface area contributed by atoms with Crippen LogP contribution in [0.5, 0.6) is 0 Å². The summed E-state index contributed by atoms with van der Waals surface area (Å²) in [6.45, 7) is 1.79. The van der Waals surface area contributed by atoms with Gasteiger partial charge in [0, 0.05) is 5.69 Å². The van der Waals surface area contributed by atoms with Crippen LogP contribution in [0.1, 0.15) is 34.8 Å². The predicted octanol–water partition coefficient (Wildman–Crippen LogP) is 2.77. The van der Waals surface area contributed by atoms with E-state index in [1.54, 1.807) is 18.4 Å². The number of nitrogens with one attached hydrogen (secondary N) is 2. The number of hydrogen-bond donors (Lipinski definition) is 3. The van der Waals surface area contributed by atoms with E-state index < -0.39 is 11.9 Å². The van der Waals surface area contributed by atoms with Crippen LogP contribution >= 0.6 is 11.3 Å². The van der Waals surface area contributed by atoms with Crippen LogP contribution in [-0.4, -0.2) is 17.9 Å². The number of fused-ring (bicyclic) bond motifs is 1. The molecule has 0 saturated carbocycles. The number of rotatable bonds is 5. The Morgan fingerprint density at radius 1 is 1.22 bits per heavy atom. The maximum atomic E-state index is 12.3. The van der Waals surface area contributed by atoms with Crippen LogP contribution in [0.3, 0.4) is 0 Å². The predicted molar refractivity (Wildman–Crippen MR) is 93.0 cm³/mol. The molecule has 5 nitrogen and oxygen atoms in total. The third-order valence-corrected chi connectivity index (χ3v) is 4.87. The summed E-state index contributed by atoms with van der Waals surface area (Å²) < 4.78 is 0. The third-order valence-electron chi connectivity index (χ3n) is 4.04. The minimum atomic E-state index is -0.541. The first-order valence-electron chi connectivity index (χ1n) is 7.61. The number of benzene rings is 1. The number of hydrogen-bond acceptors (Lipinski definition) is 4. The number of primary amides is 1. The molecular formula is C17H19N3O2S. The molecule has 1 aromatic carbocycles. The van der Waals surface area contributed by atoms with Gasteiger partial charge in [-0.25, -0.2) is 0 Å². The van der Waals surface area contributed by atoms with Gasteiger partial charge in [0.15, 0.2) is 0 Å². The normalized spacial score (nSPS) is 14.1. The summed E-state index contributed by atoms with van der Waals surface area (Å²) in [4.78, 5) is 23.6. The highest BCUT2D eigenvalue weighted by atomic mass is 32.1. The molecule has 3 rings (SSSR count). The molecule has 4 N–H and O–H groups in total. The standard InChI is InChI=1S/C17H19N3O2S/c1-10(16(22)20-17-14(15(18)21)7-8-23-17)19-13-6-5-11-3-2-4-12(11)9-13/h5-10,19H,2-4H2,1H3,(H2,18,21)(H,20,22). The van der Waals surface area contributed by atoms with E-state index in [0.29, 0.717) is 10.6 Å². The zero-order valence-corrected chi connectivity index (χ0v) is 13.7. The lowest BCUT2D eigenvalue weighted by Crippen LogP contribution is -2.32. The number of aryl methyl sites for hydroxylation is 2. The summed E-state index contributed by atoms with van der Waals surface area (Å²) in [5.74, 6) is -0.740. The molecule has 2 amide bonds. The van der Waals surface area contributed by atoms with Crippen LogP contribution < -0.4 is 16.4 Å². The Labute approximate surface area is 138 Å². The zero-order valence-electron chi connectivity index (χ0n) is 12.9. The van der Waals surface area contributed by atoms with Crippen LogP contribution in [-0.2, 0) is 17.6 Å². The molecule has 1 atom stereocenters. The lowest BCUT2D eigenvalue weighted by atomic mass is 10.1. The number of amides is 2. The smallest absolute Gasteiger partial charge is 0.251 e. The average molecular weight is 329 g/mol. The molecule has 0 aliphatic heterocycles. The van der Waals surface area contributed by atoms with Gasteiger partial charge in [-0.3, -0.25) is 9.59 Å². The minimum Gasteiger partial charge on any atom is -0.374 e. The molecule has 23 heavy (non-hydrogen) atoms. The van der Waals surface area contributed by atoms with E-state index >= 15 is 0 Å². The second-order valence-corrected chi connectivity index (χ2v) is 6.64. The molecular weight excluding hydrogens is 310 g/mol. The SMILES string of the molecule is CC(Nc1ccc2c(c1)CCC2)C(=O)Nc1sccc1C(N)=O. The van der Waals surface area contributed by atoms with Crippen molar-refractivity contribution in [2.75, 3.05) is 10.6 Å². The molecule has 0 spiro atoms. The van der Waals surface area contributed by atoms with E-state index in [-0.39, 0.29) is 5.91 Å². The van der Waals surface area contributed by atoms with Gasteiger partial charge in [-0.2, -0.15) is 0 Å². The number of thiophene rings is 1. The fourth-order valence-corrected chi connectivity index (χ4v) is 3.59. The van der Waals surface area contributed by atoms with Crippen LogP contribution in [0.4, 0.5) is 10.7 Å². The van der Waals surface area contributed by atoms with E-state index in [9.17, 15) is 9.59 Å². The van der Waals surface area contributed by atoms with Gasteiger partial charge in [0.2, 0.25) is 5.91 Å². The Kier molecular flexibility index (Phi) is 4.34. The number of carbonyl (C=O) groups is 2. The molecule has 0 radical (unpaired) electrons. The van der Waals surface area contributed by atoms with Gasteiger partial charge in [0.1, 0.15) is 11.0 Å². The molecule has 1 aromatic heterocycles. The molecule has 1 aliphatic rings. The molecule has 0 fully saturated rings. The van der Waals surface area contributed by atoms with E-state index in [1.165, 1.54) is 28.9 Å². The van der Waals surface area contributed by atoms with Crippen LogP contribution in [0, 0.1) is 0 Å². The van der Waals surface area contributed by atoms with Gasteiger partial charge in [-0.1, -0.05) is 6.07 Å². The van der Waals surface area contributed by atoms with E-state index in [2.05, 4.69) is 22.8 Å². The lowest BCUT2D eigenvalue weighted by Gasteiger charge is -2.16. The summed E-state index contributed by atoms with van der Waals surface area (Å²) in [5.41, 5.74) is 9.33. The monoisotopic (exact) mass is 329 g/mol. The van der Waals surface area contributed by atoms with Gasteiger partial charge in [-0.05, 0) is 60.9 Å². The number of anilines is 2. The van der Waals surface area contributed by atoms with Crippen molar-refractivity contribution in [3.63, 3.8) is 0 Å². The summed E-state index contributed by atoms with van der Waals surface area (Å²) >= 11 is 1.29. The summed E-state index contributed by atoms with van der Waals surface area (Å²) in [6, 6.07) is 7.44. The Morgan fingerprint density at radius 3 is 2.78 bits per heavy atom. The summed E-state index contributed by atoms with van der Waals surface area (Å²) in [7, 11) is 0. The van der Waals surface area contributed by atoms with E-state index in [0.717, 1.165) is 18.5 Å². The van der Waals surface area contributed by atoms with Crippen molar-refractivity contribution in [1.29, 1.82) is 0 Å². The Morgan fingerprint density at radius 2 is 2.00 bits per heavy atom. The fraction of sp³-hybridized carbons (Fsp3) is 0.294. The highest BCUT2D eigenvalue weighted by molar-refractivity contribution is 7.14. The van der Waals surface area contributed by atoms with Crippen molar-refractivity contribution in [2.24, 2.45) is 5.73 Å². The van der Waals surface area contributed by atoms with Gasteiger partial charge in [0.05, 0.1) is 5.56 Å². The summed E-state index contributed by atoms with van der Waals surface area (Å²) in [6.07, 6.45) is 3.44. The second-order valence-electron chi connectivity index (χ2n) is 5.72. The maximum Gasteiger partial charge on any atom is 0.251 e. The Balaban J connectivity index is 1.66. The topological polar surface area (TPSA) is 84.2 Å². The van der Waals surface area contributed by atoms with Crippen molar-refractivity contribution in [3.8, 4) is 0 Å². The zero-order chi connectivity index (χ0) is 16.4. The molecule has 1 unspecified atom stereocenters. The molecule has 1 heterocycles.